The Balaban J connectivity index is 1.31. The first-order valence-electron chi connectivity index (χ1n) is 11.6. The van der Waals surface area contributed by atoms with Crippen molar-refractivity contribution < 1.29 is 18.3 Å². The van der Waals surface area contributed by atoms with Gasteiger partial charge >= 0.3 is 0 Å². The Kier molecular flexibility index (Phi) is 8.01. The molecule has 0 aromatic carbocycles. The molecular weight excluding hydrogens is 428 g/mol. The molecule has 6 atom stereocenters. The van der Waals surface area contributed by atoms with Crippen LogP contribution in [0.4, 0.5) is 8.78 Å². The Bertz CT molecular complexity index is 645. The van der Waals surface area contributed by atoms with Crippen molar-refractivity contribution in [2.45, 2.75) is 93.8 Å². The number of carbonyl (C=O) groups is 1. The third kappa shape index (κ3) is 6.27. The molecule has 4 N–H and O–H groups in total. The normalized spacial score (nSPS) is 41.5. The number of nitrogens with one attached hydrogen (secondary N) is 4. The van der Waals surface area contributed by atoms with Crippen LogP contribution < -0.4 is 21.5 Å². The van der Waals surface area contributed by atoms with Crippen LogP contribution in [0.5, 0.6) is 0 Å². The summed E-state index contributed by atoms with van der Waals surface area (Å²) in [5.41, 5.74) is 6.63. The summed E-state index contributed by atoms with van der Waals surface area (Å²) in [6.45, 7) is 1.19. The lowest BCUT2D eigenvalue weighted by Crippen LogP contribution is -2.52. The smallest absolute Gasteiger partial charge is 0.229 e. The lowest BCUT2D eigenvalue weighted by molar-refractivity contribution is -0.125. The quantitative estimate of drug-likeness (QED) is 0.287. The number of hydrogen-bond donors (Lipinski definition) is 4. The van der Waals surface area contributed by atoms with Crippen LogP contribution in [0.1, 0.15) is 57.8 Å². The van der Waals surface area contributed by atoms with Gasteiger partial charge in [0.05, 0.1) is 18.8 Å². The molecule has 1 amide bonds. The molecule has 2 saturated heterocycles. The molecule has 176 valence electrons. The molecule has 10 heteroatoms. The van der Waals surface area contributed by atoms with Crippen molar-refractivity contribution in [2.24, 2.45) is 16.8 Å². The number of carbonyl (C=O) groups excluding carboxylic acids is 1. The number of halogens is 3. The van der Waals surface area contributed by atoms with Gasteiger partial charge in [-0.05, 0) is 63.7 Å². The maximum atomic E-state index is 13.8. The molecular formula is C21H34ClF2N5O2. The van der Waals surface area contributed by atoms with Crippen LogP contribution in [0, 0.1) is 11.8 Å². The summed E-state index contributed by atoms with van der Waals surface area (Å²) >= 11 is 6.23. The Labute approximate surface area is 187 Å². The first-order chi connectivity index (χ1) is 15.0. The van der Waals surface area contributed by atoms with Crippen LogP contribution in [0.3, 0.4) is 0 Å². The van der Waals surface area contributed by atoms with Crippen LogP contribution >= 0.6 is 11.6 Å². The van der Waals surface area contributed by atoms with Gasteiger partial charge < -0.3 is 10.1 Å². The van der Waals surface area contributed by atoms with Crippen LogP contribution in [0.25, 0.3) is 0 Å². The summed E-state index contributed by atoms with van der Waals surface area (Å²) < 4.78 is 32.6. The van der Waals surface area contributed by atoms with Crippen molar-refractivity contribution in [1.82, 2.24) is 21.5 Å². The number of nitrogens with zero attached hydrogens (tertiary/aromatic N) is 1. The van der Waals surface area contributed by atoms with Crippen molar-refractivity contribution in [1.29, 1.82) is 0 Å². The van der Waals surface area contributed by atoms with Gasteiger partial charge in [-0.25, -0.2) is 14.2 Å². The van der Waals surface area contributed by atoms with E-state index in [1.54, 1.807) is 0 Å². The van der Waals surface area contributed by atoms with E-state index >= 15 is 0 Å². The summed E-state index contributed by atoms with van der Waals surface area (Å²) in [6.07, 6.45) is 3.39. The fourth-order valence-corrected chi connectivity index (χ4v) is 5.16. The van der Waals surface area contributed by atoms with Gasteiger partial charge in [0.1, 0.15) is 12.3 Å². The first kappa shape index (κ1) is 23.1. The van der Waals surface area contributed by atoms with Gasteiger partial charge in [0, 0.05) is 23.9 Å². The third-order valence-electron chi connectivity index (χ3n) is 7.07. The number of rotatable bonds is 5. The molecule has 2 aliphatic heterocycles. The van der Waals surface area contributed by atoms with Crippen LogP contribution in [-0.2, 0) is 9.53 Å². The summed E-state index contributed by atoms with van der Waals surface area (Å²) in [4.78, 5) is 17.2. The largest absolute Gasteiger partial charge is 0.376 e. The molecule has 2 heterocycles. The van der Waals surface area contributed by atoms with Crippen molar-refractivity contribution >= 4 is 23.5 Å². The lowest BCUT2D eigenvalue weighted by atomic mass is 9.83. The molecule has 6 unspecified atom stereocenters. The van der Waals surface area contributed by atoms with E-state index in [0.717, 1.165) is 45.1 Å². The molecule has 0 aromatic heterocycles. The zero-order valence-electron chi connectivity index (χ0n) is 17.8. The van der Waals surface area contributed by atoms with Gasteiger partial charge in [-0.15, -0.1) is 11.6 Å². The third-order valence-corrected chi connectivity index (χ3v) is 7.50. The fraction of sp³-hybridized carbons (Fsp3) is 0.905. The van der Waals surface area contributed by atoms with E-state index < -0.39 is 18.3 Å². The highest BCUT2D eigenvalue weighted by Crippen LogP contribution is 2.32. The van der Waals surface area contributed by atoms with Gasteiger partial charge in [-0.3, -0.25) is 20.5 Å². The van der Waals surface area contributed by atoms with E-state index in [1.807, 2.05) is 0 Å². The van der Waals surface area contributed by atoms with Crippen molar-refractivity contribution in [3.05, 3.63) is 0 Å². The van der Waals surface area contributed by atoms with E-state index in [9.17, 15) is 13.6 Å². The average Bonchev–Trinajstić information content (AvgIpc) is 3.17. The molecule has 31 heavy (non-hydrogen) atoms. The van der Waals surface area contributed by atoms with E-state index in [1.165, 1.54) is 0 Å². The molecule has 0 radical (unpaired) electrons. The molecule has 0 spiro atoms. The highest BCUT2D eigenvalue weighted by molar-refractivity contribution is 6.20. The number of alkyl halides is 3. The number of aliphatic imine (C=N–C) groups is 1. The average molecular weight is 462 g/mol. The number of guanidine groups is 1. The minimum absolute atomic E-state index is 0.0686. The van der Waals surface area contributed by atoms with E-state index in [0.29, 0.717) is 36.3 Å². The summed E-state index contributed by atoms with van der Waals surface area (Å²) in [5.74, 6) is 0.0908. The number of hydrazine groups is 1. The lowest BCUT2D eigenvalue weighted by Gasteiger charge is -2.29. The summed E-state index contributed by atoms with van der Waals surface area (Å²) in [7, 11) is 0. The van der Waals surface area contributed by atoms with E-state index in [4.69, 9.17) is 16.3 Å². The monoisotopic (exact) mass is 461 g/mol. The second-order valence-electron chi connectivity index (χ2n) is 9.34. The van der Waals surface area contributed by atoms with Crippen molar-refractivity contribution in [3.8, 4) is 0 Å². The molecule has 0 aromatic rings. The molecule has 4 rings (SSSR count). The SMILES string of the molecule is O=C(NC(=NCC1CCO1)NC1CC(C2CCC(Cl)CC2)NN1)C1CCC(F)C(F)C1. The van der Waals surface area contributed by atoms with Crippen LogP contribution in [0.2, 0.25) is 0 Å². The zero-order valence-corrected chi connectivity index (χ0v) is 18.6. The second-order valence-corrected chi connectivity index (χ2v) is 9.96. The highest BCUT2D eigenvalue weighted by atomic mass is 35.5. The zero-order chi connectivity index (χ0) is 21.8. The fourth-order valence-electron chi connectivity index (χ4n) is 4.91. The number of ether oxygens (including phenoxy) is 1. The molecule has 4 aliphatic rings. The second kappa shape index (κ2) is 10.7. The standard InChI is InChI=1S/C21H34ClF2N5O2/c22-14-4-1-12(2-5-14)18-10-19(29-28-18)26-21(25-11-15-7-8-31-15)27-20(30)13-3-6-16(23)17(24)9-13/h12-19,28-29H,1-11H2,(H2,25,26,27,30). The summed E-state index contributed by atoms with van der Waals surface area (Å²) in [6, 6.07) is 0.334. The predicted octanol–water partition coefficient (Wildman–Crippen LogP) is 2.30. The van der Waals surface area contributed by atoms with Crippen LogP contribution in [-0.4, -0.2) is 61.1 Å². The van der Waals surface area contributed by atoms with Crippen molar-refractivity contribution in [2.75, 3.05) is 13.2 Å². The minimum Gasteiger partial charge on any atom is -0.376 e. The van der Waals surface area contributed by atoms with Crippen LogP contribution in [0.15, 0.2) is 4.99 Å². The maximum Gasteiger partial charge on any atom is 0.229 e. The predicted molar refractivity (Wildman–Crippen MR) is 115 cm³/mol. The molecule has 7 nitrogen and oxygen atoms in total. The Morgan fingerprint density at radius 3 is 2.48 bits per heavy atom. The molecule has 2 saturated carbocycles. The van der Waals surface area contributed by atoms with Gasteiger partial charge in [0.15, 0.2) is 5.96 Å². The number of amides is 1. The van der Waals surface area contributed by atoms with Crippen molar-refractivity contribution in [3.63, 3.8) is 0 Å². The van der Waals surface area contributed by atoms with E-state index in [-0.39, 0.29) is 31.0 Å². The number of hydrogen-bond acceptors (Lipinski definition) is 5. The van der Waals surface area contributed by atoms with Gasteiger partial charge in [-0.1, -0.05) is 0 Å². The Morgan fingerprint density at radius 2 is 1.81 bits per heavy atom. The topological polar surface area (TPSA) is 86.8 Å². The van der Waals surface area contributed by atoms with Gasteiger partial charge in [0.2, 0.25) is 5.91 Å². The molecule has 0 bridgehead atoms. The summed E-state index contributed by atoms with van der Waals surface area (Å²) in [5, 5.41) is 6.40. The highest BCUT2D eigenvalue weighted by Gasteiger charge is 2.36. The molecule has 4 fully saturated rings. The maximum absolute atomic E-state index is 13.8. The first-order valence-corrected chi connectivity index (χ1v) is 12.1. The van der Waals surface area contributed by atoms with Gasteiger partial charge in [-0.2, -0.15) is 0 Å². The minimum atomic E-state index is -1.58. The molecule has 2 aliphatic carbocycles. The van der Waals surface area contributed by atoms with E-state index in [2.05, 4.69) is 26.5 Å². The van der Waals surface area contributed by atoms with Gasteiger partial charge in [0.25, 0.3) is 0 Å². The Morgan fingerprint density at radius 1 is 1.03 bits per heavy atom. The Hall–Kier alpha value is -1.03.